The van der Waals surface area contributed by atoms with Gasteiger partial charge in [-0.05, 0) is 61.3 Å². The van der Waals surface area contributed by atoms with Crippen LogP contribution in [0.1, 0.15) is 44.1 Å². The van der Waals surface area contributed by atoms with Crippen LogP contribution in [0.2, 0.25) is 0 Å². The van der Waals surface area contributed by atoms with Crippen molar-refractivity contribution in [3.8, 4) is 16.9 Å². The van der Waals surface area contributed by atoms with Crippen molar-refractivity contribution in [2.45, 2.75) is 50.5 Å². The molecule has 3 aromatic rings. The number of rotatable bonds is 1. The van der Waals surface area contributed by atoms with Gasteiger partial charge in [0.1, 0.15) is 16.9 Å². The molecule has 1 fully saturated rings. The second-order valence-corrected chi connectivity index (χ2v) is 7.65. The molecule has 0 saturated heterocycles. The van der Waals surface area contributed by atoms with Crippen LogP contribution in [-0.2, 0) is 6.42 Å². The van der Waals surface area contributed by atoms with E-state index in [1.54, 1.807) is 6.07 Å². The molecule has 0 amide bonds. The van der Waals surface area contributed by atoms with Gasteiger partial charge < -0.3 is 9.15 Å². The summed E-state index contributed by atoms with van der Waals surface area (Å²) >= 11 is 0. The first kappa shape index (κ1) is 15.7. The lowest BCUT2D eigenvalue weighted by Gasteiger charge is -2.41. The molecule has 0 unspecified atom stereocenters. The topological polar surface area (TPSA) is 39.4 Å². The first-order valence-electron chi connectivity index (χ1n) is 9.58. The van der Waals surface area contributed by atoms with E-state index in [-0.39, 0.29) is 11.2 Å². The molecule has 5 rings (SSSR count). The minimum atomic E-state index is -0.320. The Morgan fingerprint density at radius 3 is 2.50 bits per heavy atom. The van der Waals surface area contributed by atoms with E-state index in [0.29, 0.717) is 5.58 Å². The molecule has 0 N–H and O–H groups in total. The van der Waals surface area contributed by atoms with Gasteiger partial charge >= 0.3 is 5.63 Å². The molecule has 1 spiro atoms. The molecule has 1 aromatic heterocycles. The summed E-state index contributed by atoms with van der Waals surface area (Å²) in [6.07, 6.45) is 8.19. The van der Waals surface area contributed by atoms with Crippen molar-refractivity contribution in [2.75, 3.05) is 0 Å². The maximum atomic E-state index is 12.1. The van der Waals surface area contributed by atoms with Crippen molar-refractivity contribution in [1.82, 2.24) is 0 Å². The van der Waals surface area contributed by atoms with Crippen molar-refractivity contribution >= 4 is 11.0 Å². The molecule has 2 aliphatic rings. The smallest absolute Gasteiger partial charge is 0.336 e. The first-order chi connectivity index (χ1) is 12.7. The minimum Gasteiger partial charge on any atom is -0.487 e. The molecular formula is C23H22O3. The molecule has 1 aliphatic carbocycles. The van der Waals surface area contributed by atoms with Crippen LogP contribution < -0.4 is 10.4 Å². The van der Waals surface area contributed by atoms with Gasteiger partial charge in [-0.2, -0.15) is 0 Å². The zero-order chi connectivity index (χ0) is 17.6. The van der Waals surface area contributed by atoms with Gasteiger partial charge in [0.25, 0.3) is 0 Å². The van der Waals surface area contributed by atoms with Crippen molar-refractivity contribution in [3.63, 3.8) is 0 Å². The van der Waals surface area contributed by atoms with Crippen LogP contribution in [0.5, 0.6) is 5.75 Å². The van der Waals surface area contributed by atoms with E-state index >= 15 is 0 Å². The first-order valence-corrected chi connectivity index (χ1v) is 9.58. The van der Waals surface area contributed by atoms with E-state index in [1.807, 2.05) is 36.4 Å². The maximum Gasteiger partial charge on any atom is 0.336 e. The molecule has 26 heavy (non-hydrogen) atoms. The zero-order valence-electron chi connectivity index (χ0n) is 14.8. The molecule has 2 aromatic carbocycles. The number of hydrogen-bond acceptors (Lipinski definition) is 3. The third kappa shape index (κ3) is 2.63. The number of fused-ring (bicyclic) bond motifs is 2. The normalized spacial score (nSPS) is 18.5. The lowest BCUT2D eigenvalue weighted by molar-refractivity contribution is 0.0109. The van der Waals surface area contributed by atoms with Crippen LogP contribution in [0.25, 0.3) is 22.1 Å². The van der Waals surface area contributed by atoms with Crippen LogP contribution >= 0.6 is 0 Å². The summed E-state index contributed by atoms with van der Waals surface area (Å²) in [7, 11) is 0. The summed E-state index contributed by atoms with van der Waals surface area (Å²) in [5.41, 5.74) is 3.47. The number of ether oxygens (including phenoxy) is 1. The zero-order valence-corrected chi connectivity index (χ0v) is 14.8. The predicted octanol–water partition coefficient (Wildman–Crippen LogP) is 5.49. The van der Waals surface area contributed by atoms with Crippen LogP contribution in [-0.4, -0.2) is 5.60 Å². The highest BCUT2D eigenvalue weighted by atomic mass is 16.5. The number of hydrogen-bond donors (Lipinski definition) is 0. The van der Waals surface area contributed by atoms with Gasteiger partial charge in [-0.25, -0.2) is 4.79 Å². The highest BCUT2D eigenvalue weighted by molar-refractivity contribution is 5.94. The van der Waals surface area contributed by atoms with Crippen LogP contribution in [0, 0.1) is 0 Å². The summed E-state index contributed by atoms with van der Waals surface area (Å²) in [4.78, 5) is 12.1. The Bertz CT molecular complexity index is 1010. The number of aryl methyl sites for hydroxylation is 1. The molecule has 0 bridgehead atoms. The monoisotopic (exact) mass is 346 g/mol. The Kier molecular flexibility index (Phi) is 3.63. The summed E-state index contributed by atoms with van der Waals surface area (Å²) < 4.78 is 12.0. The molecule has 2 heterocycles. The SMILES string of the molecule is O=c1cc(-c2ccccc2)c2cc3c(cc2o1)OC1(CCCCC1)CC3. The van der Waals surface area contributed by atoms with Gasteiger partial charge in [0.15, 0.2) is 0 Å². The Hall–Kier alpha value is -2.55. The summed E-state index contributed by atoms with van der Waals surface area (Å²) in [6.45, 7) is 0. The molecule has 3 nitrogen and oxygen atoms in total. The van der Waals surface area contributed by atoms with Gasteiger partial charge in [-0.1, -0.05) is 36.8 Å². The second-order valence-electron chi connectivity index (χ2n) is 7.65. The van der Waals surface area contributed by atoms with Crippen LogP contribution in [0.4, 0.5) is 0 Å². The van der Waals surface area contributed by atoms with Crippen molar-refractivity contribution in [1.29, 1.82) is 0 Å². The van der Waals surface area contributed by atoms with Gasteiger partial charge in [0, 0.05) is 17.5 Å². The quantitative estimate of drug-likeness (QED) is 0.547. The Balaban J connectivity index is 1.65. The average Bonchev–Trinajstić information content (AvgIpc) is 2.67. The molecule has 132 valence electrons. The molecule has 0 radical (unpaired) electrons. The second kappa shape index (κ2) is 6.01. The molecule has 1 aliphatic heterocycles. The van der Waals surface area contributed by atoms with E-state index in [4.69, 9.17) is 9.15 Å². The lowest BCUT2D eigenvalue weighted by Crippen LogP contribution is -2.41. The lowest BCUT2D eigenvalue weighted by atomic mass is 9.79. The van der Waals surface area contributed by atoms with Gasteiger partial charge in [0.2, 0.25) is 0 Å². The van der Waals surface area contributed by atoms with Crippen molar-refractivity contribution in [3.05, 3.63) is 64.5 Å². The molecular weight excluding hydrogens is 324 g/mol. The summed E-state index contributed by atoms with van der Waals surface area (Å²) in [5, 5.41) is 0.984. The summed E-state index contributed by atoms with van der Waals surface area (Å²) in [6, 6.07) is 15.7. The standard InChI is InChI=1S/C23H22O3/c24-22-14-18(16-7-3-1-4-8-16)19-13-17-9-12-23(10-5-2-6-11-23)26-20(17)15-21(19)25-22/h1,3-4,7-8,13-15H,2,5-6,9-12H2. The molecule has 1 saturated carbocycles. The fourth-order valence-corrected chi connectivity index (χ4v) is 4.58. The highest BCUT2D eigenvalue weighted by Crippen LogP contribution is 2.43. The largest absolute Gasteiger partial charge is 0.487 e. The third-order valence-corrected chi connectivity index (χ3v) is 5.95. The Morgan fingerprint density at radius 2 is 1.69 bits per heavy atom. The summed E-state index contributed by atoms with van der Waals surface area (Å²) in [5.74, 6) is 0.902. The maximum absolute atomic E-state index is 12.1. The van der Waals surface area contributed by atoms with Crippen LogP contribution in [0.15, 0.2) is 57.7 Å². The van der Waals surface area contributed by atoms with E-state index in [1.165, 1.54) is 24.8 Å². The molecule has 0 atom stereocenters. The van der Waals surface area contributed by atoms with E-state index < -0.39 is 0 Å². The number of benzene rings is 2. The fraction of sp³-hybridized carbons (Fsp3) is 0.348. The minimum absolute atomic E-state index is 0.00371. The predicted molar refractivity (Wildman–Crippen MR) is 103 cm³/mol. The third-order valence-electron chi connectivity index (χ3n) is 5.95. The molecule has 3 heteroatoms. The van der Waals surface area contributed by atoms with E-state index in [9.17, 15) is 4.79 Å². The average molecular weight is 346 g/mol. The highest BCUT2D eigenvalue weighted by Gasteiger charge is 2.37. The van der Waals surface area contributed by atoms with Gasteiger partial charge in [-0.15, -0.1) is 0 Å². The van der Waals surface area contributed by atoms with Gasteiger partial charge in [-0.3, -0.25) is 0 Å². The fourth-order valence-electron chi connectivity index (χ4n) is 4.58. The van der Waals surface area contributed by atoms with Crippen LogP contribution in [0.3, 0.4) is 0 Å². The van der Waals surface area contributed by atoms with Gasteiger partial charge in [0.05, 0.1) is 0 Å². The van der Waals surface area contributed by atoms with E-state index in [2.05, 4.69) is 6.07 Å². The van der Waals surface area contributed by atoms with E-state index in [0.717, 1.165) is 47.9 Å². The Morgan fingerprint density at radius 1 is 0.885 bits per heavy atom. The Labute approximate surface area is 152 Å². The van der Waals surface area contributed by atoms with Crippen molar-refractivity contribution < 1.29 is 9.15 Å². The van der Waals surface area contributed by atoms with Crippen molar-refractivity contribution in [2.24, 2.45) is 0 Å².